The highest BCUT2D eigenvalue weighted by Gasteiger charge is 2.76. The molecular formula is C43H48O7. The van der Waals surface area contributed by atoms with E-state index in [-0.39, 0.29) is 24.2 Å². The van der Waals surface area contributed by atoms with Gasteiger partial charge in [-0.15, -0.1) is 0 Å². The summed E-state index contributed by atoms with van der Waals surface area (Å²) in [6, 6.07) is 20.2. The number of fused-ring (bicyclic) bond motifs is 3. The molecule has 0 bridgehead atoms. The van der Waals surface area contributed by atoms with Crippen molar-refractivity contribution in [2.75, 3.05) is 0 Å². The van der Waals surface area contributed by atoms with Gasteiger partial charge in [-0.25, -0.2) is 0 Å². The summed E-state index contributed by atoms with van der Waals surface area (Å²) in [6.45, 7) is 10.2. The lowest BCUT2D eigenvalue weighted by atomic mass is 9.40. The van der Waals surface area contributed by atoms with Crippen LogP contribution in [0.1, 0.15) is 93.4 Å². The van der Waals surface area contributed by atoms with Crippen molar-refractivity contribution in [3.8, 4) is 16.9 Å². The lowest BCUT2D eigenvalue weighted by Crippen LogP contribution is -2.76. The monoisotopic (exact) mass is 676 g/mol. The molecule has 2 saturated carbocycles. The predicted molar refractivity (Wildman–Crippen MR) is 191 cm³/mol. The van der Waals surface area contributed by atoms with Crippen LogP contribution in [-0.2, 0) is 44.9 Å². The van der Waals surface area contributed by atoms with Crippen molar-refractivity contribution in [1.82, 2.24) is 0 Å². The second-order valence-electron chi connectivity index (χ2n) is 15.9. The molecule has 0 saturated heterocycles. The van der Waals surface area contributed by atoms with Crippen molar-refractivity contribution in [2.24, 2.45) is 34.5 Å². The number of unbranched alkanes of at least 4 members (excludes halogenated alkanes) is 1. The second-order valence-corrected chi connectivity index (χ2v) is 15.9. The Morgan fingerprint density at radius 3 is 2.16 bits per heavy atom. The van der Waals surface area contributed by atoms with Crippen molar-refractivity contribution in [2.45, 2.75) is 92.1 Å². The Morgan fingerprint density at radius 1 is 0.880 bits per heavy atom. The van der Waals surface area contributed by atoms with E-state index >= 15 is 0 Å². The molecule has 3 aromatic rings. The Bertz CT molecular complexity index is 1910. The third-order valence-corrected chi connectivity index (χ3v) is 12.1. The highest BCUT2D eigenvalue weighted by Crippen LogP contribution is 2.64. The zero-order chi connectivity index (χ0) is 36.3. The molecule has 7 heteroatoms. The average molecular weight is 677 g/mol. The number of benzene rings is 3. The van der Waals surface area contributed by atoms with Crippen LogP contribution < -0.4 is 0 Å². The highest BCUT2D eigenvalue weighted by molar-refractivity contribution is 6.32. The molecule has 262 valence electrons. The molecule has 2 N–H and O–H groups in total. The molecule has 6 atom stereocenters. The number of aryl methyl sites for hydroxylation is 3. The summed E-state index contributed by atoms with van der Waals surface area (Å²) in [6.07, 6.45) is 4.93. The zero-order valence-electron chi connectivity index (χ0n) is 30.0. The minimum Gasteiger partial charge on any atom is -0.507 e. The molecular weight excluding hydrogens is 628 g/mol. The van der Waals surface area contributed by atoms with E-state index in [1.54, 1.807) is 20.8 Å². The molecule has 3 aromatic carbocycles. The number of phenolic OH excluding ortho intramolecular Hbond substituents is 1. The lowest BCUT2D eigenvalue weighted by Gasteiger charge is -2.61. The molecule has 6 rings (SSSR count). The number of aromatic hydroxyl groups is 1. The molecule has 3 unspecified atom stereocenters. The highest BCUT2D eigenvalue weighted by atomic mass is 16.3. The third kappa shape index (κ3) is 5.31. The SMILES string of the molecule is CCc1ccc(CCCCc2ccccc2)cc1-c1ccc(O)c2c1C[C@]1(C)C[C@]3(C)C(C(C)C)C(=O)C(C(C)=O)C(=O)[C@]3(O)C(=O)C1C2=O. The molecule has 2 fully saturated rings. The molecule has 0 radical (unpaired) electrons. The van der Waals surface area contributed by atoms with Gasteiger partial charge in [0.1, 0.15) is 17.5 Å². The number of carbonyl (C=O) groups is 5. The maximum absolute atomic E-state index is 14.6. The van der Waals surface area contributed by atoms with Crippen LogP contribution in [0.3, 0.4) is 0 Å². The number of carbonyl (C=O) groups excluding carboxylic acids is 5. The number of Topliss-reactive ketones (excluding diaryl/α,β-unsaturated/α-hetero) is 5. The number of ketones is 5. The van der Waals surface area contributed by atoms with E-state index in [4.69, 9.17) is 0 Å². The minimum atomic E-state index is -2.71. The fourth-order valence-corrected chi connectivity index (χ4v) is 10.0. The molecule has 3 aliphatic rings. The van der Waals surface area contributed by atoms with Gasteiger partial charge in [-0.05, 0) is 103 Å². The number of rotatable bonds is 9. The number of phenols is 1. The first kappa shape index (κ1) is 35.6. The van der Waals surface area contributed by atoms with Gasteiger partial charge in [0.25, 0.3) is 0 Å². The maximum atomic E-state index is 14.6. The number of hydrogen-bond acceptors (Lipinski definition) is 7. The van der Waals surface area contributed by atoms with Crippen molar-refractivity contribution < 1.29 is 34.2 Å². The van der Waals surface area contributed by atoms with Gasteiger partial charge in [0.05, 0.1) is 11.5 Å². The molecule has 7 nitrogen and oxygen atoms in total. The van der Waals surface area contributed by atoms with Crippen molar-refractivity contribution in [3.63, 3.8) is 0 Å². The summed E-state index contributed by atoms with van der Waals surface area (Å²) >= 11 is 0. The first-order valence-corrected chi connectivity index (χ1v) is 18.0. The summed E-state index contributed by atoms with van der Waals surface area (Å²) in [7, 11) is 0. The standard InChI is InChI=1S/C43H48O7/c1-7-28-18-17-27(16-12-11-15-26-13-9-8-10-14-26)21-30(28)29-19-20-32(45)34-31(29)22-41(5)23-42(6)35(24(2)3)37(46)33(25(4)44)39(48)43(42,50)40(49)36(41)38(34)47/h8-10,13-14,17-21,24,33,35-36,45,50H,7,11-12,15-16,22-23H2,1-6H3/t33?,35?,36?,41-,42-,43+/m1/s1. The van der Waals surface area contributed by atoms with Gasteiger partial charge >= 0.3 is 0 Å². The van der Waals surface area contributed by atoms with Gasteiger partial charge in [-0.2, -0.15) is 0 Å². The first-order chi connectivity index (χ1) is 23.6. The normalized spacial score (nSPS) is 29.1. The summed E-state index contributed by atoms with van der Waals surface area (Å²) < 4.78 is 0. The summed E-state index contributed by atoms with van der Waals surface area (Å²) in [4.78, 5) is 69.6. The van der Waals surface area contributed by atoms with Gasteiger partial charge in [0, 0.05) is 11.3 Å². The van der Waals surface area contributed by atoms with Crippen LogP contribution in [0.25, 0.3) is 11.1 Å². The number of hydrogen-bond donors (Lipinski definition) is 2. The summed E-state index contributed by atoms with van der Waals surface area (Å²) in [5.74, 6) is -8.88. The Kier molecular flexibility index (Phi) is 9.13. The van der Waals surface area contributed by atoms with Gasteiger partial charge in [0.15, 0.2) is 28.7 Å². The van der Waals surface area contributed by atoms with Gasteiger partial charge < -0.3 is 10.2 Å². The van der Waals surface area contributed by atoms with Crippen LogP contribution in [0.4, 0.5) is 0 Å². The molecule has 50 heavy (non-hydrogen) atoms. The fourth-order valence-electron chi connectivity index (χ4n) is 10.0. The maximum Gasteiger partial charge on any atom is 0.190 e. The van der Waals surface area contributed by atoms with Crippen molar-refractivity contribution in [3.05, 3.63) is 88.5 Å². The molecule has 0 heterocycles. The van der Waals surface area contributed by atoms with E-state index < -0.39 is 69.0 Å². The zero-order valence-corrected chi connectivity index (χ0v) is 30.0. The van der Waals surface area contributed by atoms with E-state index in [1.165, 1.54) is 17.2 Å². The van der Waals surface area contributed by atoms with Gasteiger partial charge in [-0.1, -0.05) is 89.2 Å². The molecule has 3 aliphatic carbocycles. The molecule has 0 aliphatic heterocycles. The largest absolute Gasteiger partial charge is 0.507 e. The van der Waals surface area contributed by atoms with Crippen LogP contribution in [0.5, 0.6) is 5.75 Å². The van der Waals surface area contributed by atoms with Crippen LogP contribution in [0, 0.1) is 34.5 Å². The summed E-state index contributed by atoms with van der Waals surface area (Å²) in [5, 5.41) is 23.5. The lowest BCUT2D eigenvalue weighted by molar-refractivity contribution is -0.205. The smallest absolute Gasteiger partial charge is 0.190 e. The Labute approximate surface area is 294 Å². The molecule has 0 aromatic heterocycles. The van der Waals surface area contributed by atoms with Crippen LogP contribution >= 0.6 is 0 Å². The van der Waals surface area contributed by atoms with Crippen LogP contribution in [0.2, 0.25) is 0 Å². The van der Waals surface area contributed by atoms with Crippen LogP contribution in [0.15, 0.2) is 60.7 Å². The van der Waals surface area contributed by atoms with Gasteiger partial charge in [-0.3, -0.25) is 24.0 Å². The Hall–Kier alpha value is -4.23. The van der Waals surface area contributed by atoms with Crippen LogP contribution in [-0.4, -0.2) is 44.7 Å². The second kappa shape index (κ2) is 12.8. The Morgan fingerprint density at radius 2 is 1.54 bits per heavy atom. The quantitative estimate of drug-likeness (QED) is 0.187. The van der Waals surface area contributed by atoms with Crippen molar-refractivity contribution >= 4 is 28.9 Å². The topological polar surface area (TPSA) is 126 Å². The third-order valence-electron chi connectivity index (χ3n) is 12.1. The van der Waals surface area contributed by atoms with E-state index in [0.29, 0.717) is 5.56 Å². The first-order valence-electron chi connectivity index (χ1n) is 18.0. The number of aliphatic hydroxyl groups is 1. The average Bonchev–Trinajstić information content (AvgIpc) is 3.05. The Balaban J connectivity index is 1.42. The van der Waals surface area contributed by atoms with E-state index in [2.05, 4.69) is 49.4 Å². The minimum absolute atomic E-state index is 0.0280. The van der Waals surface area contributed by atoms with Crippen molar-refractivity contribution in [1.29, 1.82) is 0 Å². The molecule has 0 amide bonds. The fraction of sp³-hybridized carbons (Fsp3) is 0.465. The van der Waals surface area contributed by atoms with E-state index in [9.17, 15) is 34.2 Å². The predicted octanol–water partition coefficient (Wildman–Crippen LogP) is 6.89. The molecule has 0 spiro atoms. The summed E-state index contributed by atoms with van der Waals surface area (Å²) in [5.41, 5.74) is 0.669. The van der Waals surface area contributed by atoms with E-state index in [1.807, 2.05) is 19.1 Å². The van der Waals surface area contributed by atoms with E-state index in [0.717, 1.165) is 55.7 Å². The van der Waals surface area contributed by atoms with Gasteiger partial charge in [0.2, 0.25) is 0 Å².